The van der Waals surface area contributed by atoms with Crippen molar-refractivity contribution >= 4 is 27.3 Å². The van der Waals surface area contributed by atoms with Gasteiger partial charge in [-0.2, -0.15) is 0 Å². The zero-order valence-electron chi connectivity index (χ0n) is 19.2. The van der Waals surface area contributed by atoms with E-state index in [4.69, 9.17) is 25.8 Å². The summed E-state index contributed by atoms with van der Waals surface area (Å²) >= 11 is 6.33. The van der Waals surface area contributed by atoms with Crippen molar-refractivity contribution in [1.82, 2.24) is 4.90 Å². The molecule has 34 heavy (non-hydrogen) atoms. The Hall–Kier alpha value is -2.94. The molecule has 1 aliphatic rings. The number of likely N-dealkylation sites (N-methyl/N-ethyl adjacent to an activating group) is 1. The summed E-state index contributed by atoms with van der Waals surface area (Å²) in [4.78, 5) is 2.24. The van der Waals surface area contributed by atoms with E-state index in [1.54, 1.807) is 24.3 Å². The van der Waals surface area contributed by atoms with Crippen molar-refractivity contribution in [2.75, 3.05) is 39.1 Å². The molecule has 0 radical (unpaired) electrons. The van der Waals surface area contributed by atoms with Crippen molar-refractivity contribution in [1.29, 1.82) is 0 Å². The molecule has 1 atom stereocenters. The Morgan fingerprint density at radius 2 is 1.68 bits per heavy atom. The highest BCUT2D eigenvalue weighted by molar-refractivity contribution is 7.92. The molecule has 0 aromatic heterocycles. The maximum atomic E-state index is 13.6. The number of nitrogens with one attached hydrogen (secondary N) is 1. The molecule has 3 aromatic carbocycles. The van der Waals surface area contributed by atoms with Gasteiger partial charge in [0.1, 0.15) is 11.9 Å². The number of likely N-dealkylation sites (tertiary alicyclic amines) is 1. The third kappa shape index (κ3) is 5.24. The van der Waals surface area contributed by atoms with Gasteiger partial charge in [0.15, 0.2) is 11.5 Å². The van der Waals surface area contributed by atoms with Crippen LogP contribution in [0.5, 0.6) is 17.2 Å². The number of sulfonamides is 1. The molecule has 4 rings (SSSR count). The number of methoxy groups -OCH3 is 2. The van der Waals surface area contributed by atoms with Gasteiger partial charge in [-0.1, -0.05) is 41.9 Å². The van der Waals surface area contributed by atoms with Gasteiger partial charge < -0.3 is 19.1 Å². The standard InChI is InChI=1S/C25H27ClN2O5S/c1-28-12-11-19(16-28)33-22-13-18(9-10-21(22)26)27-34(29,30)25-15-24(32-3)23(31-2)14-20(25)17-7-5-4-6-8-17/h4-10,13-15,19,27H,11-12,16H2,1-3H3. The molecule has 1 unspecified atom stereocenters. The van der Waals surface area contributed by atoms with Crippen LogP contribution in [0.2, 0.25) is 5.02 Å². The van der Waals surface area contributed by atoms with Crippen molar-refractivity contribution in [3.8, 4) is 28.4 Å². The quantitative estimate of drug-likeness (QED) is 0.471. The Bertz CT molecular complexity index is 1270. The SMILES string of the molecule is COc1cc(-c2ccccc2)c(S(=O)(=O)Nc2ccc(Cl)c(OC3CCN(C)C3)c2)cc1OC. The first-order valence-corrected chi connectivity index (χ1v) is 12.7. The third-order valence-electron chi connectivity index (χ3n) is 5.69. The fourth-order valence-electron chi connectivity index (χ4n) is 3.96. The number of benzene rings is 3. The normalized spacial score (nSPS) is 16.3. The first-order valence-electron chi connectivity index (χ1n) is 10.8. The van der Waals surface area contributed by atoms with E-state index in [1.165, 1.54) is 20.3 Å². The predicted molar refractivity (Wildman–Crippen MR) is 134 cm³/mol. The highest BCUT2D eigenvalue weighted by atomic mass is 35.5. The van der Waals surface area contributed by atoms with Gasteiger partial charge in [-0.15, -0.1) is 0 Å². The van der Waals surface area contributed by atoms with Gasteiger partial charge in [0, 0.05) is 30.8 Å². The van der Waals surface area contributed by atoms with Crippen LogP contribution >= 0.6 is 11.6 Å². The topological polar surface area (TPSA) is 77.1 Å². The van der Waals surface area contributed by atoms with Crippen molar-refractivity contribution in [3.05, 3.63) is 65.7 Å². The second kappa shape index (κ2) is 10.1. The molecule has 1 saturated heterocycles. The van der Waals surface area contributed by atoms with Crippen molar-refractivity contribution in [2.45, 2.75) is 17.4 Å². The van der Waals surface area contributed by atoms with E-state index < -0.39 is 10.0 Å². The van der Waals surface area contributed by atoms with Gasteiger partial charge in [-0.25, -0.2) is 8.42 Å². The van der Waals surface area contributed by atoms with Crippen molar-refractivity contribution in [3.63, 3.8) is 0 Å². The van der Waals surface area contributed by atoms with Gasteiger partial charge in [-0.05, 0) is 37.2 Å². The van der Waals surface area contributed by atoms with E-state index in [2.05, 4.69) is 9.62 Å². The summed E-state index contributed by atoms with van der Waals surface area (Å²) in [5, 5.41) is 0.425. The minimum Gasteiger partial charge on any atom is -0.493 e. The Balaban J connectivity index is 1.70. The molecule has 0 aliphatic carbocycles. The zero-order valence-corrected chi connectivity index (χ0v) is 20.8. The number of rotatable bonds is 8. The predicted octanol–water partition coefficient (Wildman–Crippen LogP) is 4.91. The van der Waals surface area contributed by atoms with Crippen LogP contribution in [0.25, 0.3) is 11.1 Å². The maximum Gasteiger partial charge on any atom is 0.262 e. The van der Waals surface area contributed by atoms with E-state index in [-0.39, 0.29) is 11.0 Å². The first-order chi connectivity index (χ1) is 16.3. The fourth-order valence-corrected chi connectivity index (χ4v) is 5.40. The highest BCUT2D eigenvalue weighted by Gasteiger charge is 2.25. The summed E-state index contributed by atoms with van der Waals surface area (Å²) in [6.45, 7) is 1.73. The molecule has 1 fully saturated rings. The van der Waals surface area contributed by atoms with Crippen LogP contribution in [0.4, 0.5) is 5.69 Å². The first kappa shape index (κ1) is 24.2. The van der Waals surface area contributed by atoms with Gasteiger partial charge in [-0.3, -0.25) is 4.72 Å². The average molecular weight is 503 g/mol. The van der Waals surface area contributed by atoms with E-state index in [9.17, 15) is 8.42 Å². The van der Waals surface area contributed by atoms with E-state index in [0.717, 1.165) is 25.1 Å². The van der Waals surface area contributed by atoms with Gasteiger partial charge in [0.2, 0.25) is 0 Å². The van der Waals surface area contributed by atoms with Crippen LogP contribution in [-0.4, -0.2) is 53.8 Å². The van der Waals surface area contributed by atoms with Crippen LogP contribution in [0.1, 0.15) is 6.42 Å². The summed E-state index contributed by atoms with van der Waals surface area (Å²) in [7, 11) is 0.999. The summed E-state index contributed by atoms with van der Waals surface area (Å²) in [6, 6.07) is 17.2. The molecule has 7 nitrogen and oxygen atoms in total. The monoisotopic (exact) mass is 502 g/mol. The molecular weight excluding hydrogens is 476 g/mol. The smallest absolute Gasteiger partial charge is 0.262 e. The largest absolute Gasteiger partial charge is 0.493 e. The molecule has 9 heteroatoms. The van der Waals surface area contributed by atoms with E-state index >= 15 is 0 Å². The summed E-state index contributed by atoms with van der Waals surface area (Å²) in [5.41, 5.74) is 1.57. The van der Waals surface area contributed by atoms with Crippen LogP contribution in [0, 0.1) is 0 Å². The Morgan fingerprint density at radius 3 is 2.32 bits per heavy atom. The average Bonchev–Trinajstić information content (AvgIpc) is 3.25. The van der Waals surface area contributed by atoms with Gasteiger partial charge in [0.25, 0.3) is 10.0 Å². The Morgan fingerprint density at radius 1 is 0.971 bits per heavy atom. The van der Waals surface area contributed by atoms with Crippen molar-refractivity contribution in [2.24, 2.45) is 0 Å². The lowest BCUT2D eigenvalue weighted by Crippen LogP contribution is -2.21. The minimum atomic E-state index is -4.01. The third-order valence-corrected chi connectivity index (χ3v) is 7.42. The fraction of sp³-hybridized carbons (Fsp3) is 0.280. The summed E-state index contributed by atoms with van der Waals surface area (Å²) in [6.07, 6.45) is 0.888. The molecular formula is C25H27ClN2O5S. The molecule has 1 N–H and O–H groups in total. The lowest BCUT2D eigenvalue weighted by atomic mass is 10.1. The number of hydrogen-bond acceptors (Lipinski definition) is 6. The minimum absolute atomic E-state index is 0.00453. The number of anilines is 1. The molecule has 180 valence electrons. The molecule has 1 heterocycles. The van der Waals surface area contributed by atoms with Crippen LogP contribution in [0.15, 0.2) is 65.6 Å². The second-order valence-electron chi connectivity index (χ2n) is 8.11. The number of ether oxygens (including phenoxy) is 3. The van der Waals surface area contributed by atoms with Crippen LogP contribution < -0.4 is 18.9 Å². The maximum absolute atomic E-state index is 13.6. The van der Waals surface area contributed by atoms with E-state index in [1.807, 2.05) is 37.4 Å². The molecule has 0 amide bonds. The van der Waals surface area contributed by atoms with Crippen molar-refractivity contribution < 1.29 is 22.6 Å². The number of nitrogens with zero attached hydrogens (tertiary/aromatic N) is 1. The molecule has 0 spiro atoms. The summed E-state index contributed by atoms with van der Waals surface area (Å²) < 4.78 is 46.6. The number of hydrogen-bond donors (Lipinski definition) is 1. The lowest BCUT2D eigenvalue weighted by molar-refractivity contribution is 0.208. The van der Waals surface area contributed by atoms with E-state index in [0.29, 0.717) is 33.5 Å². The molecule has 3 aromatic rings. The number of halogens is 1. The summed E-state index contributed by atoms with van der Waals surface area (Å²) in [5.74, 6) is 1.19. The second-order valence-corrected chi connectivity index (χ2v) is 10.2. The van der Waals surface area contributed by atoms with Gasteiger partial charge in [0.05, 0.1) is 29.8 Å². The molecule has 0 saturated carbocycles. The Labute approximate surface area is 205 Å². The van der Waals surface area contributed by atoms with Crippen LogP contribution in [-0.2, 0) is 10.0 Å². The molecule has 0 bridgehead atoms. The molecule has 1 aliphatic heterocycles. The zero-order chi connectivity index (χ0) is 24.3. The van der Waals surface area contributed by atoms with Gasteiger partial charge >= 0.3 is 0 Å². The Kier molecular flexibility index (Phi) is 7.21. The highest BCUT2D eigenvalue weighted by Crippen LogP contribution is 2.39. The van der Waals surface area contributed by atoms with Crippen LogP contribution in [0.3, 0.4) is 0 Å². The lowest BCUT2D eigenvalue weighted by Gasteiger charge is -2.18.